The zero-order chi connectivity index (χ0) is 20.1. The molecule has 0 atom stereocenters. The first kappa shape index (κ1) is 18.8. The van der Waals surface area contributed by atoms with Gasteiger partial charge in [-0.15, -0.1) is 0 Å². The Balaban J connectivity index is 1.99. The van der Waals surface area contributed by atoms with E-state index < -0.39 is 17.4 Å². The van der Waals surface area contributed by atoms with Crippen LogP contribution in [0.5, 0.6) is 5.75 Å². The molecule has 0 aliphatic carbocycles. The molecule has 142 valence electrons. The van der Waals surface area contributed by atoms with E-state index in [1.807, 2.05) is 6.07 Å². The summed E-state index contributed by atoms with van der Waals surface area (Å²) in [7, 11) is 1.49. The molecule has 0 fully saturated rings. The lowest BCUT2D eigenvalue weighted by molar-refractivity contribution is -0.116. The van der Waals surface area contributed by atoms with E-state index in [0.29, 0.717) is 17.0 Å². The predicted octanol–water partition coefficient (Wildman–Crippen LogP) is 1.66. The molecule has 0 radical (unpaired) electrons. The number of carbonyl (C=O) groups is 2. The maximum Gasteiger partial charge on any atom is 0.267 e. The van der Waals surface area contributed by atoms with Gasteiger partial charge in [0.15, 0.2) is 0 Å². The summed E-state index contributed by atoms with van der Waals surface area (Å²) in [4.78, 5) is 41.0. The Morgan fingerprint density at radius 2 is 1.79 bits per heavy atom. The lowest BCUT2D eigenvalue weighted by Crippen LogP contribution is -2.34. The predicted molar refractivity (Wildman–Crippen MR) is 104 cm³/mol. The van der Waals surface area contributed by atoms with E-state index >= 15 is 0 Å². The zero-order valence-electron chi connectivity index (χ0n) is 15.1. The molecule has 1 heterocycles. The SMILES string of the molecule is COc1ccccc1NC(=O)Cn1c(-c2ccccc2)ncc(C(N)=O)c1=O. The van der Waals surface area contributed by atoms with Crippen molar-refractivity contribution >= 4 is 17.5 Å². The molecular weight excluding hydrogens is 360 g/mol. The quantitative estimate of drug-likeness (QED) is 0.677. The fourth-order valence-electron chi connectivity index (χ4n) is 2.71. The fourth-order valence-corrected chi connectivity index (χ4v) is 2.71. The zero-order valence-corrected chi connectivity index (χ0v) is 15.1. The lowest BCUT2D eigenvalue weighted by atomic mass is 10.2. The Morgan fingerprint density at radius 1 is 1.11 bits per heavy atom. The molecule has 2 amide bonds. The van der Waals surface area contributed by atoms with Gasteiger partial charge in [-0.2, -0.15) is 0 Å². The summed E-state index contributed by atoms with van der Waals surface area (Å²) in [6.07, 6.45) is 1.13. The number of hydrogen-bond donors (Lipinski definition) is 2. The molecule has 0 aliphatic heterocycles. The number of benzene rings is 2. The third kappa shape index (κ3) is 3.90. The number of ether oxygens (including phenoxy) is 1. The van der Waals surface area contributed by atoms with E-state index in [0.717, 1.165) is 10.8 Å². The highest BCUT2D eigenvalue weighted by atomic mass is 16.5. The highest BCUT2D eigenvalue weighted by Gasteiger charge is 2.18. The third-order valence-electron chi connectivity index (χ3n) is 4.03. The Bertz CT molecular complexity index is 1080. The monoisotopic (exact) mass is 378 g/mol. The minimum absolute atomic E-state index is 0.255. The Hall–Kier alpha value is -3.94. The topological polar surface area (TPSA) is 116 Å². The van der Waals surface area contributed by atoms with Crippen molar-refractivity contribution in [1.29, 1.82) is 0 Å². The maximum atomic E-state index is 12.7. The summed E-state index contributed by atoms with van der Waals surface area (Å²) >= 11 is 0. The molecule has 0 aliphatic rings. The Morgan fingerprint density at radius 3 is 2.46 bits per heavy atom. The molecule has 3 N–H and O–H groups in total. The summed E-state index contributed by atoms with van der Waals surface area (Å²) in [5.41, 5.74) is 5.37. The largest absolute Gasteiger partial charge is 0.495 e. The number of methoxy groups -OCH3 is 1. The second kappa shape index (κ2) is 8.17. The van der Waals surface area contributed by atoms with Crippen molar-refractivity contribution in [2.45, 2.75) is 6.54 Å². The second-order valence-electron chi connectivity index (χ2n) is 5.87. The number of hydrogen-bond acceptors (Lipinski definition) is 5. The molecule has 0 bridgehead atoms. The minimum Gasteiger partial charge on any atom is -0.495 e. The van der Waals surface area contributed by atoms with Gasteiger partial charge < -0.3 is 15.8 Å². The van der Waals surface area contributed by atoms with Crippen LogP contribution in [-0.2, 0) is 11.3 Å². The molecule has 3 rings (SSSR count). The molecular formula is C20H18N4O4. The van der Waals surface area contributed by atoms with Gasteiger partial charge in [0.05, 0.1) is 12.8 Å². The first-order valence-corrected chi connectivity index (χ1v) is 8.39. The average Bonchev–Trinajstić information content (AvgIpc) is 2.70. The first-order valence-electron chi connectivity index (χ1n) is 8.39. The number of nitrogens with zero attached hydrogens (tertiary/aromatic N) is 2. The molecule has 1 aromatic heterocycles. The van der Waals surface area contributed by atoms with Gasteiger partial charge in [-0.1, -0.05) is 42.5 Å². The van der Waals surface area contributed by atoms with Crippen molar-refractivity contribution in [2.24, 2.45) is 5.73 Å². The standard InChI is InChI=1S/C20H18N4O4/c1-28-16-10-6-5-9-15(16)23-17(25)12-24-19(13-7-3-2-4-8-13)22-11-14(18(21)26)20(24)27/h2-11H,12H2,1H3,(H2,21,26)(H,23,25). The van der Waals surface area contributed by atoms with Gasteiger partial charge in [-0.05, 0) is 12.1 Å². The van der Waals surface area contributed by atoms with Gasteiger partial charge in [0.1, 0.15) is 23.7 Å². The number of rotatable bonds is 6. The van der Waals surface area contributed by atoms with Crippen LogP contribution in [0.25, 0.3) is 11.4 Å². The molecule has 3 aromatic rings. The van der Waals surface area contributed by atoms with E-state index in [9.17, 15) is 14.4 Å². The van der Waals surface area contributed by atoms with Crippen LogP contribution in [0, 0.1) is 0 Å². The Kier molecular flexibility index (Phi) is 5.50. The third-order valence-corrected chi connectivity index (χ3v) is 4.03. The van der Waals surface area contributed by atoms with Gasteiger partial charge in [-0.25, -0.2) is 4.98 Å². The molecule has 0 spiro atoms. The highest BCUT2D eigenvalue weighted by Crippen LogP contribution is 2.23. The Labute approximate surface area is 160 Å². The van der Waals surface area contributed by atoms with Crippen molar-refractivity contribution in [3.8, 4) is 17.1 Å². The smallest absolute Gasteiger partial charge is 0.267 e. The fraction of sp³-hybridized carbons (Fsp3) is 0.100. The van der Waals surface area contributed by atoms with Gasteiger partial charge in [0.25, 0.3) is 11.5 Å². The van der Waals surface area contributed by atoms with Crippen LogP contribution in [-0.4, -0.2) is 28.5 Å². The molecule has 2 aromatic carbocycles. The van der Waals surface area contributed by atoms with Crippen molar-refractivity contribution < 1.29 is 14.3 Å². The van der Waals surface area contributed by atoms with Crippen molar-refractivity contribution in [3.05, 3.63) is 76.7 Å². The van der Waals surface area contributed by atoms with Crippen LogP contribution in [0.3, 0.4) is 0 Å². The van der Waals surface area contributed by atoms with E-state index in [2.05, 4.69) is 10.3 Å². The van der Waals surface area contributed by atoms with Gasteiger partial charge in [-0.3, -0.25) is 19.0 Å². The number of amides is 2. The van der Waals surface area contributed by atoms with E-state index in [-0.39, 0.29) is 17.9 Å². The summed E-state index contributed by atoms with van der Waals surface area (Å²) in [5, 5.41) is 2.70. The van der Waals surface area contributed by atoms with Crippen LogP contribution >= 0.6 is 0 Å². The number of nitrogens with two attached hydrogens (primary N) is 1. The van der Waals surface area contributed by atoms with Crippen molar-refractivity contribution in [1.82, 2.24) is 9.55 Å². The number of nitrogens with one attached hydrogen (secondary N) is 1. The van der Waals surface area contributed by atoms with Crippen molar-refractivity contribution in [2.75, 3.05) is 12.4 Å². The number of carbonyl (C=O) groups excluding carboxylic acids is 2. The normalized spacial score (nSPS) is 10.3. The molecule has 0 unspecified atom stereocenters. The van der Waals surface area contributed by atoms with Gasteiger partial charge >= 0.3 is 0 Å². The highest BCUT2D eigenvalue weighted by molar-refractivity contribution is 5.94. The molecule has 0 saturated heterocycles. The van der Waals surface area contributed by atoms with Crippen LogP contribution in [0.2, 0.25) is 0 Å². The number of para-hydroxylation sites is 2. The summed E-state index contributed by atoms with van der Waals surface area (Å²) in [5.74, 6) is -0.649. The molecule has 8 nitrogen and oxygen atoms in total. The minimum atomic E-state index is -0.906. The maximum absolute atomic E-state index is 12.7. The average molecular weight is 378 g/mol. The van der Waals surface area contributed by atoms with Gasteiger partial charge in [0, 0.05) is 11.8 Å². The van der Waals surface area contributed by atoms with Crippen LogP contribution in [0.15, 0.2) is 65.6 Å². The first-order chi connectivity index (χ1) is 13.5. The molecule has 28 heavy (non-hydrogen) atoms. The van der Waals surface area contributed by atoms with Crippen LogP contribution in [0.4, 0.5) is 5.69 Å². The summed E-state index contributed by atoms with van der Waals surface area (Å²) < 4.78 is 6.33. The van der Waals surface area contributed by atoms with Crippen LogP contribution in [0.1, 0.15) is 10.4 Å². The van der Waals surface area contributed by atoms with Crippen LogP contribution < -0.4 is 21.3 Å². The lowest BCUT2D eigenvalue weighted by Gasteiger charge is -2.14. The van der Waals surface area contributed by atoms with Crippen molar-refractivity contribution in [3.63, 3.8) is 0 Å². The number of anilines is 1. The van der Waals surface area contributed by atoms with E-state index in [1.165, 1.54) is 7.11 Å². The molecule has 0 saturated carbocycles. The summed E-state index contributed by atoms with van der Waals surface area (Å²) in [6.45, 7) is -0.352. The van der Waals surface area contributed by atoms with E-state index in [4.69, 9.17) is 10.5 Å². The number of primary amides is 1. The van der Waals surface area contributed by atoms with E-state index in [1.54, 1.807) is 48.5 Å². The molecule has 8 heteroatoms. The van der Waals surface area contributed by atoms with Gasteiger partial charge in [0.2, 0.25) is 5.91 Å². The summed E-state index contributed by atoms with van der Waals surface area (Å²) in [6, 6.07) is 15.8. The second-order valence-corrected chi connectivity index (χ2v) is 5.87. The number of aromatic nitrogens is 2.